The van der Waals surface area contributed by atoms with E-state index in [4.69, 9.17) is 0 Å². The zero-order valence-corrected chi connectivity index (χ0v) is 17.2. The number of hydrogen-bond acceptors (Lipinski definition) is 5. The number of fused-ring (bicyclic) bond motifs is 4. The van der Waals surface area contributed by atoms with Gasteiger partial charge >= 0.3 is 0 Å². The molecule has 4 atom stereocenters. The molecule has 1 aromatic rings. The van der Waals surface area contributed by atoms with E-state index in [1.807, 2.05) is 6.92 Å². The van der Waals surface area contributed by atoms with Crippen LogP contribution in [0.3, 0.4) is 0 Å². The number of likely N-dealkylation sites (tertiary alicyclic amines) is 1. The predicted molar refractivity (Wildman–Crippen MR) is 108 cm³/mol. The number of aryl methyl sites for hydroxylation is 1. The van der Waals surface area contributed by atoms with E-state index in [0.29, 0.717) is 36.5 Å². The Labute approximate surface area is 172 Å². The highest BCUT2D eigenvalue weighted by Crippen LogP contribution is 2.43. The molecule has 29 heavy (non-hydrogen) atoms. The fourth-order valence-electron chi connectivity index (χ4n) is 5.92. The number of aromatic nitrogens is 2. The van der Waals surface area contributed by atoms with E-state index < -0.39 is 0 Å². The number of hydrogen-bond donors (Lipinski definition) is 1. The van der Waals surface area contributed by atoms with Gasteiger partial charge in [0.05, 0.1) is 17.9 Å². The standard InChI is InChI=1S/C22H31N5O2/c1-14-9-24-18(10-23-14)22(29)25-11-20-16-8-15(12-26(13-16)17-4-2-5-17)19-6-3-7-21(28)27(19)20/h9-10,15-17,19-20H,2-8,11-13H2,1H3,(H,25,29)/t15-,16+,19+,20+/m1/s1. The Hall–Kier alpha value is -2.02. The van der Waals surface area contributed by atoms with Gasteiger partial charge in [-0.2, -0.15) is 0 Å². The van der Waals surface area contributed by atoms with Gasteiger partial charge in [0.2, 0.25) is 5.91 Å². The van der Waals surface area contributed by atoms with E-state index in [-0.39, 0.29) is 17.9 Å². The SMILES string of the molecule is Cc1cnc(C(=O)NC[C@H]2[C@H]3C[C@H](CN(C4CCC4)C3)[C@@H]3CCCC(=O)N32)cn1. The molecule has 2 amide bonds. The molecule has 5 rings (SSSR count). The van der Waals surface area contributed by atoms with Crippen LogP contribution in [-0.2, 0) is 4.79 Å². The summed E-state index contributed by atoms with van der Waals surface area (Å²) in [6.07, 6.45) is 11.1. The molecule has 0 aromatic carbocycles. The van der Waals surface area contributed by atoms with Crippen LogP contribution in [0.2, 0.25) is 0 Å². The lowest BCUT2D eigenvalue weighted by Gasteiger charge is -2.58. The van der Waals surface area contributed by atoms with Crippen molar-refractivity contribution in [3.05, 3.63) is 23.8 Å². The maximum atomic E-state index is 12.9. The second-order valence-electron chi connectivity index (χ2n) is 9.38. The second kappa shape index (κ2) is 7.67. The highest BCUT2D eigenvalue weighted by Gasteiger charge is 2.50. The normalized spacial score (nSPS) is 32.4. The van der Waals surface area contributed by atoms with Crippen LogP contribution in [0.5, 0.6) is 0 Å². The van der Waals surface area contributed by atoms with Gasteiger partial charge in [-0.1, -0.05) is 6.42 Å². The molecule has 0 spiro atoms. The monoisotopic (exact) mass is 397 g/mol. The van der Waals surface area contributed by atoms with Crippen LogP contribution in [-0.4, -0.2) is 69.3 Å². The molecule has 4 aliphatic rings. The first kappa shape index (κ1) is 19.0. The highest BCUT2D eigenvalue weighted by atomic mass is 16.2. The summed E-state index contributed by atoms with van der Waals surface area (Å²) in [5.74, 6) is 1.11. The fraction of sp³-hybridized carbons (Fsp3) is 0.727. The molecule has 4 fully saturated rings. The van der Waals surface area contributed by atoms with Gasteiger partial charge in [0, 0.05) is 44.3 Å². The Kier molecular flexibility index (Phi) is 5.02. The summed E-state index contributed by atoms with van der Waals surface area (Å²) in [5.41, 5.74) is 1.13. The maximum absolute atomic E-state index is 12.9. The molecule has 3 aliphatic heterocycles. The van der Waals surface area contributed by atoms with Crippen molar-refractivity contribution in [3.8, 4) is 0 Å². The minimum atomic E-state index is -0.202. The van der Waals surface area contributed by atoms with Crippen LogP contribution in [0, 0.1) is 18.8 Å². The Morgan fingerprint density at radius 3 is 2.69 bits per heavy atom. The molecule has 7 nitrogen and oxygen atoms in total. The molecule has 0 unspecified atom stereocenters. The van der Waals surface area contributed by atoms with Crippen molar-refractivity contribution in [2.45, 2.75) is 70.0 Å². The van der Waals surface area contributed by atoms with E-state index in [9.17, 15) is 9.59 Å². The van der Waals surface area contributed by atoms with E-state index >= 15 is 0 Å². The molecule has 1 N–H and O–H groups in total. The number of nitrogens with zero attached hydrogens (tertiary/aromatic N) is 4. The summed E-state index contributed by atoms with van der Waals surface area (Å²) in [6, 6.07) is 1.18. The van der Waals surface area contributed by atoms with E-state index in [2.05, 4.69) is 25.1 Å². The quantitative estimate of drug-likeness (QED) is 0.838. The Bertz CT molecular complexity index is 778. The summed E-state index contributed by atoms with van der Waals surface area (Å²) in [6.45, 7) is 4.56. The predicted octanol–water partition coefficient (Wildman–Crippen LogP) is 1.77. The van der Waals surface area contributed by atoms with Crippen LogP contribution in [0.25, 0.3) is 0 Å². The van der Waals surface area contributed by atoms with Gasteiger partial charge in [-0.05, 0) is 50.9 Å². The third kappa shape index (κ3) is 3.54. The van der Waals surface area contributed by atoms with Crippen LogP contribution in [0.4, 0.5) is 0 Å². The number of carbonyl (C=O) groups is 2. The lowest BCUT2D eigenvalue weighted by atomic mass is 9.71. The van der Waals surface area contributed by atoms with E-state index in [0.717, 1.165) is 37.7 Å². The number of amides is 2. The zero-order chi connectivity index (χ0) is 20.0. The summed E-state index contributed by atoms with van der Waals surface area (Å²) < 4.78 is 0. The minimum Gasteiger partial charge on any atom is -0.349 e. The second-order valence-corrected chi connectivity index (χ2v) is 9.38. The summed E-state index contributed by atoms with van der Waals surface area (Å²) in [7, 11) is 0. The summed E-state index contributed by atoms with van der Waals surface area (Å²) >= 11 is 0. The van der Waals surface area contributed by atoms with Gasteiger partial charge in [0.25, 0.3) is 5.91 Å². The van der Waals surface area contributed by atoms with E-state index in [1.54, 1.807) is 6.20 Å². The Morgan fingerprint density at radius 2 is 1.97 bits per heavy atom. The first-order chi connectivity index (χ1) is 14.1. The molecule has 3 saturated heterocycles. The highest BCUT2D eigenvalue weighted by molar-refractivity contribution is 5.92. The van der Waals surface area contributed by atoms with Gasteiger partial charge in [0.1, 0.15) is 5.69 Å². The number of rotatable bonds is 4. The molecule has 7 heteroatoms. The topological polar surface area (TPSA) is 78.4 Å². The van der Waals surface area contributed by atoms with Crippen molar-refractivity contribution >= 4 is 11.8 Å². The molecule has 2 bridgehead atoms. The molecule has 1 aliphatic carbocycles. The number of carbonyl (C=O) groups excluding carboxylic acids is 2. The number of piperidine rings is 3. The lowest BCUT2D eigenvalue weighted by Crippen LogP contribution is -2.68. The molecular formula is C22H31N5O2. The summed E-state index contributed by atoms with van der Waals surface area (Å²) in [4.78, 5) is 38.7. The van der Waals surface area contributed by atoms with Crippen molar-refractivity contribution in [3.63, 3.8) is 0 Å². The van der Waals surface area contributed by atoms with Crippen molar-refractivity contribution in [1.82, 2.24) is 25.1 Å². The maximum Gasteiger partial charge on any atom is 0.271 e. The largest absolute Gasteiger partial charge is 0.349 e. The van der Waals surface area contributed by atoms with Crippen molar-refractivity contribution in [2.24, 2.45) is 11.8 Å². The lowest BCUT2D eigenvalue weighted by molar-refractivity contribution is -0.154. The molecule has 156 valence electrons. The van der Waals surface area contributed by atoms with Gasteiger partial charge < -0.3 is 10.2 Å². The van der Waals surface area contributed by atoms with Crippen LogP contribution in [0.15, 0.2) is 12.4 Å². The van der Waals surface area contributed by atoms with Crippen LogP contribution < -0.4 is 5.32 Å². The summed E-state index contributed by atoms with van der Waals surface area (Å²) in [5, 5.41) is 3.06. The molecule has 4 heterocycles. The van der Waals surface area contributed by atoms with Crippen molar-refractivity contribution < 1.29 is 9.59 Å². The van der Waals surface area contributed by atoms with Crippen molar-refractivity contribution in [1.29, 1.82) is 0 Å². The van der Waals surface area contributed by atoms with Gasteiger partial charge in [0.15, 0.2) is 0 Å². The molecule has 0 radical (unpaired) electrons. The molecule has 1 aromatic heterocycles. The third-order valence-corrected chi connectivity index (χ3v) is 7.60. The fourth-order valence-corrected chi connectivity index (χ4v) is 5.92. The zero-order valence-electron chi connectivity index (χ0n) is 17.2. The van der Waals surface area contributed by atoms with Gasteiger partial charge in [-0.15, -0.1) is 0 Å². The van der Waals surface area contributed by atoms with Crippen molar-refractivity contribution in [2.75, 3.05) is 19.6 Å². The van der Waals surface area contributed by atoms with E-state index in [1.165, 1.54) is 31.9 Å². The Balaban J connectivity index is 1.33. The minimum absolute atomic E-state index is 0.0919. The van der Waals surface area contributed by atoms with Crippen LogP contribution >= 0.6 is 0 Å². The average molecular weight is 398 g/mol. The van der Waals surface area contributed by atoms with Gasteiger partial charge in [-0.25, -0.2) is 4.98 Å². The average Bonchev–Trinajstić information content (AvgIpc) is 2.67. The molecule has 1 saturated carbocycles. The van der Waals surface area contributed by atoms with Gasteiger partial charge in [-0.3, -0.25) is 19.5 Å². The first-order valence-electron chi connectivity index (χ1n) is 11.2. The number of nitrogens with one attached hydrogen (secondary N) is 1. The Morgan fingerprint density at radius 1 is 1.14 bits per heavy atom. The molecular weight excluding hydrogens is 366 g/mol. The smallest absolute Gasteiger partial charge is 0.271 e. The first-order valence-corrected chi connectivity index (χ1v) is 11.2. The third-order valence-electron chi connectivity index (χ3n) is 7.60. The van der Waals surface area contributed by atoms with Crippen LogP contribution in [0.1, 0.15) is 61.1 Å².